The Morgan fingerprint density at radius 3 is 3.00 bits per heavy atom. The van der Waals surface area contributed by atoms with E-state index < -0.39 is 6.10 Å². The van der Waals surface area contributed by atoms with Crippen LogP contribution in [0.1, 0.15) is 5.56 Å². The fourth-order valence-electron chi connectivity index (χ4n) is 2.37. The molecule has 2 aliphatic rings. The van der Waals surface area contributed by atoms with Gasteiger partial charge in [-0.3, -0.25) is 10.2 Å². The maximum Gasteiger partial charge on any atom is 0.275 e. The Labute approximate surface area is 116 Å². The Morgan fingerprint density at radius 2 is 2.21 bits per heavy atom. The van der Waals surface area contributed by atoms with Gasteiger partial charge in [0.1, 0.15) is 5.75 Å². The molecule has 1 amide bonds. The summed E-state index contributed by atoms with van der Waals surface area (Å²) in [5, 5.41) is 5.84. The highest BCUT2D eigenvalue weighted by Crippen LogP contribution is 2.31. The number of carbonyl (C=O) groups is 1. The van der Waals surface area contributed by atoms with Crippen LogP contribution >= 0.6 is 11.6 Å². The summed E-state index contributed by atoms with van der Waals surface area (Å²) in [5.41, 5.74) is 3.90. The Morgan fingerprint density at radius 1 is 1.42 bits per heavy atom. The smallest absolute Gasteiger partial charge is 0.275 e. The van der Waals surface area contributed by atoms with Crippen LogP contribution in [0.5, 0.6) is 5.75 Å². The summed E-state index contributed by atoms with van der Waals surface area (Å²) in [6.07, 6.45) is 0.122. The van der Waals surface area contributed by atoms with Gasteiger partial charge in [0.2, 0.25) is 0 Å². The van der Waals surface area contributed by atoms with Gasteiger partial charge in [-0.15, -0.1) is 0 Å². The van der Waals surface area contributed by atoms with Crippen LogP contribution in [-0.2, 0) is 11.2 Å². The SMILES string of the molecule is O=C(NN1CCNCC1)C1Cc2cc(Cl)ccc2O1. The molecule has 0 saturated carbocycles. The second kappa shape index (κ2) is 5.36. The van der Waals surface area contributed by atoms with Crippen molar-refractivity contribution >= 4 is 17.5 Å². The van der Waals surface area contributed by atoms with Gasteiger partial charge in [-0.05, 0) is 23.8 Å². The minimum Gasteiger partial charge on any atom is -0.480 e. The van der Waals surface area contributed by atoms with Gasteiger partial charge in [-0.25, -0.2) is 5.01 Å². The number of fused-ring (bicyclic) bond motifs is 1. The molecule has 1 unspecified atom stereocenters. The summed E-state index contributed by atoms with van der Waals surface area (Å²) in [5.74, 6) is 0.666. The number of nitrogens with one attached hydrogen (secondary N) is 2. The first-order valence-corrected chi connectivity index (χ1v) is 6.81. The number of ether oxygens (including phenoxy) is 1. The van der Waals surface area contributed by atoms with Gasteiger partial charge in [0.15, 0.2) is 6.10 Å². The third kappa shape index (κ3) is 2.83. The van der Waals surface area contributed by atoms with Crippen molar-refractivity contribution in [2.45, 2.75) is 12.5 Å². The summed E-state index contributed by atoms with van der Waals surface area (Å²) in [4.78, 5) is 12.1. The maximum absolute atomic E-state index is 12.1. The Bertz CT molecular complexity index is 489. The van der Waals surface area contributed by atoms with E-state index in [1.54, 1.807) is 6.07 Å². The summed E-state index contributed by atoms with van der Waals surface area (Å²) in [6, 6.07) is 5.45. The molecule has 102 valence electrons. The van der Waals surface area contributed by atoms with Crippen LogP contribution in [0.2, 0.25) is 5.02 Å². The zero-order valence-corrected chi connectivity index (χ0v) is 11.2. The molecular weight excluding hydrogens is 266 g/mol. The lowest BCUT2D eigenvalue weighted by Crippen LogP contribution is -2.54. The van der Waals surface area contributed by atoms with Gasteiger partial charge in [-0.2, -0.15) is 0 Å². The van der Waals surface area contributed by atoms with Crippen molar-refractivity contribution in [2.75, 3.05) is 26.2 Å². The number of nitrogens with zero attached hydrogens (tertiary/aromatic N) is 1. The minimum absolute atomic E-state index is 0.0887. The molecule has 2 heterocycles. The van der Waals surface area contributed by atoms with Gasteiger partial charge in [0, 0.05) is 37.6 Å². The van der Waals surface area contributed by atoms with Gasteiger partial charge in [-0.1, -0.05) is 11.6 Å². The lowest BCUT2D eigenvalue weighted by Gasteiger charge is -2.28. The maximum atomic E-state index is 12.1. The average Bonchev–Trinajstić information content (AvgIpc) is 2.83. The van der Waals surface area contributed by atoms with E-state index >= 15 is 0 Å². The Kier molecular flexibility index (Phi) is 3.59. The molecule has 2 aliphatic heterocycles. The summed E-state index contributed by atoms with van der Waals surface area (Å²) in [7, 11) is 0. The van der Waals surface area contributed by atoms with Crippen molar-refractivity contribution in [2.24, 2.45) is 0 Å². The molecule has 2 N–H and O–H groups in total. The molecule has 1 fully saturated rings. The summed E-state index contributed by atoms with van der Waals surface area (Å²) in [6.45, 7) is 3.41. The lowest BCUT2D eigenvalue weighted by molar-refractivity contribution is -0.132. The highest BCUT2D eigenvalue weighted by atomic mass is 35.5. The second-order valence-corrected chi connectivity index (χ2v) is 5.21. The molecule has 1 atom stereocenters. The standard InChI is InChI=1S/C13H16ClN3O2/c14-10-1-2-11-9(7-10)8-12(19-11)13(18)16-17-5-3-15-4-6-17/h1-2,7,12,15H,3-6,8H2,(H,16,18). The molecule has 0 bridgehead atoms. The number of halogens is 1. The molecule has 0 spiro atoms. The number of amides is 1. The van der Waals surface area contributed by atoms with Crippen LogP contribution in [0.15, 0.2) is 18.2 Å². The van der Waals surface area contributed by atoms with E-state index in [0.717, 1.165) is 37.5 Å². The molecule has 1 saturated heterocycles. The topological polar surface area (TPSA) is 53.6 Å². The number of piperazine rings is 1. The normalized spacial score (nSPS) is 22.7. The van der Waals surface area contributed by atoms with E-state index in [9.17, 15) is 4.79 Å². The zero-order valence-electron chi connectivity index (χ0n) is 10.5. The van der Waals surface area contributed by atoms with Crippen LogP contribution in [-0.4, -0.2) is 43.2 Å². The van der Waals surface area contributed by atoms with E-state index in [2.05, 4.69) is 10.7 Å². The lowest BCUT2D eigenvalue weighted by atomic mass is 10.1. The number of carbonyl (C=O) groups excluding carboxylic acids is 1. The predicted octanol–water partition coefficient (Wildman–Crippen LogP) is 0.580. The predicted molar refractivity (Wildman–Crippen MR) is 72.2 cm³/mol. The first-order chi connectivity index (χ1) is 9.22. The number of hydrogen-bond donors (Lipinski definition) is 2. The zero-order chi connectivity index (χ0) is 13.2. The highest BCUT2D eigenvalue weighted by Gasteiger charge is 2.30. The molecule has 0 radical (unpaired) electrons. The molecule has 6 heteroatoms. The molecular formula is C13H16ClN3O2. The van der Waals surface area contributed by atoms with Crippen molar-refractivity contribution in [3.8, 4) is 5.75 Å². The first kappa shape index (κ1) is 12.7. The van der Waals surface area contributed by atoms with Crippen molar-refractivity contribution in [3.63, 3.8) is 0 Å². The van der Waals surface area contributed by atoms with Crippen molar-refractivity contribution < 1.29 is 9.53 Å². The number of hydrazine groups is 1. The van der Waals surface area contributed by atoms with Gasteiger partial charge in [0.05, 0.1) is 0 Å². The fraction of sp³-hybridized carbons (Fsp3) is 0.462. The molecule has 3 rings (SSSR count). The van der Waals surface area contributed by atoms with Crippen molar-refractivity contribution in [3.05, 3.63) is 28.8 Å². The summed E-state index contributed by atoms with van der Waals surface area (Å²) < 4.78 is 5.65. The molecule has 0 aliphatic carbocycles. The number of benzene rings is 1. The largest absolute Gasteiger partial charge is 0.480 e. The number of hydrogen-bond acceptors (Lipinski definition) is 4. The van der Waals surface area contributed by atoms with E-state index in [4.69, 9.17) is 16.3 Å². The van der Waals surface area contributed by atoms with E-state index in [1.165, 1.54) is 0 Å². The third-order valence-corrected chi connectivity index (χ3v) is 3.61. The Hall–Kier alpha value is -1.30. The van der Waals surface area contributed by atoms with Crippen LogP contribution < -0.4 is 15.5 Å². The average molecular weight is 282 g/mol. The van der Waals surface area contributed by atoms with Crippen LogP contribution in [0.4, 0.5) is 0 Å². The van der Waals surface area contributed by atoms with Crippen LogP contribution in [0.3, 0.4) is 0 Å². The van der Waals surface area contributed by atoms with Crippen LogP contribution in [0.25, 0.3) is 0 Å². The summed E-state index contributed by atoms with van der Waals surface area (Å²) >= 11 is 5.93. The molecule has 5 nitrogen and oxygen atoms in total. The first-order valence-electron chi connectivity index (χ1n) is 6.43. The highest BCUT2D eigenvalue weighted by molar-refractivity contribution is 6.30. The van der Waals surface area contributed by atoms with E-state index in [0.29, 0.717) is 11.4 Å². The fourth-order valence-corrected chi connectivity index (χ4v) is 2.56. The van der Waals surface area contributed by atoms with Gasteiger partial charge >= 0.3 is 0 Å². The molecule has 19 heavy (non-hydrogen) atoms. The van der Waals surface area contributed by atoms with Crippen molar-refractivity contribution in [1.29, 1.82) is 0 Å². The Balaban J connectivity index is 1.60. The monoisotopic (exact) mass is 281 g/mol. The molecule has 1 aromatic rings. The van der Waals surface area contributed by atoms with E-state index in [-0.39, 0.29) is 5.91 Å². The van der Waals surface area contributed by atoms with Crippen molar-refractivity contribution in [1.82, 2.24) is 15.8 Å². The molecule has 1 aromatic carbocycles. The minimum atomic E-state index is -0.455. The van der Waals surface area contributed by atoms with Gasteiger partial charge < -0.3 is 10.1 Å². The quantitative estimate of drug-likeness (QED) is 0.833. The second-order valence-electron chi connectivity index (χ2n) is 4.78. The van der Waals surface area contributed by atoms with Gasteiger partial charge in [0.25, 0.3) is 5.91 Å². The third-order valence-electron chi connectivity index (χ3n) is 3.37. The number of rotatable bonds is 2. The van der Waals surface area contributed by atoms with Crippen LogP contribution in [0, 0.1) is 0 Å². The van der Waals surface area contributed by atoms with E-state index in [1.807, 2.05) is 17.1 Å². The molecule has 0 aromatic heterocycles.